The van der Waals surface area contributed by atoms with Gasteiger partial charge < -0.3 is 5.32 Å². The van der Waals surface area contributed by atoms with E-state index in [0.29, 0.717) is 24.4 Å². The van der Waals surface area contributed by atoms with E-state index >= 15 is 0 Å². The Hall–Kier alpha value is -2.87. The number of piperazine rings is 1. The van der Waals surface area contributed by atoms with Gasteiger partial charge in [0.25, 0.3) is 0 Å². The number of amides is 1. The first kappa shape index (κ1) is 20.4. The van der Waals surface area contributed by atoms with Crippen LogP contribution in [0.2, 0.25) is 0 Å². The van der Waals surface area contributed by atoms with Gasteiger partial charge in [-0.3, -0.25) is 9.69 Å². The normalized spacial score (nSPS) is 17.0. The first-order valence-corrected chi connectivity index (χ1v) is 10.0. The minimum atomic E-state index is -0.655. The monoisotopic (exact) mass is 413 g/mol. The second kappa shape index (κ2) is 7.43. The summed E-state index contributed by atoms with van der Waals surface area (Å²) in [7, 11) is 0. The molecule has 4 rings (SSSR count). The lowest BCUT2D eigenvalue weighted by Crippen LogP contribution is -2.61. The maximum absolute atomic E-state index is 14.4. The topological polar surface area (TPSA) is 62.5 Å². The molecule has 0 radical (unpaired) electrons. The highest BCUT2D eigenvalue weighted by Gasteiger charge is 2.37. The van der Waals surface area contributed by atoms with E-state index in [2.05, 4.69) is 15.3 Å². The van der Waals surface area contributed by atoms with Crippen molar-refractivity contribution in [1.29, 1.82) is 0 Å². The Morgan fingerprint density at radius 1 is 1.23 bits per heavy atom. The molecular formula is C22H25F2N5O. The number of hydrogen-bond donors (Lipinski definition) is 1. The highest BCUT2D eigenvalue weighted by molar-refractivity contribution is 5.86. The van der Waals surface area contributed by atoms with Gasteiger partial charge in [0.1, 0.15) is 11.6 Å². The SMILES string of the molecule is CC(C)c1cc(-c2ccc(F)cc2F)nn2cc(CN3CCNC(=O)C3(C)C)nc12. The van der Waals surface area contributed by atoms with Gasteiger partial charge in [-0.05, 0) is 38.0 Å². The van der Waals surface area contributed by atoms with Crippen LogP contribution in [0.25, 0.3) is 16.9 Å². The van der Waals surface area contributed by atoms with Gasteiger partial charge in [-0.1, -0.05) is 13.8 Å². The molecule has 3 heterocycles. The molecule has 0 atom stereocenters. The van der Waals surface area contributed by atoms with Gasteiger partial charge in [-0.2, -0.15) is 5.10 Å². The van der Waals surface area contributed by atoms with Gasteiger partial charge in [0.05, 0.1) is 23.1 Å². The molecule has 1 amide bonds. The van der Waals surface area contributed by atoms with E-state index < -0.39 is 17.2 Å². The highest BCUT2D eigenvalue weighted by atomic mass is 19.1. The lowest BCUT2D eigenvalue weighted by molar-refractivity contribution is -0.135. The third-order valence-corrected chi connectivity index (χ3v) is 5.70. The quantitative estimate of drug-likeness (QED) is 0.711. The van der Waals surface area contributed by atoms with Crippen molar-refractivity contribution in [2.75, 3.05) is 13.1 Å². The molecule has 1 N–H and O–H groups in total. The molecule has 0 saturated carbocycles. The summed E-state index contributed by atoms with van der Waals surface area (Å²) in [6, 6.07) is 5.29. The number of nitrogens with zero attached hydrogens (tertiary/aromatic N) is 4. The molecule has 0 spiro atoms. The van der Waals surface area contributed by atoms with Gasteiger partial charge in [0, 0.05) is 36.8 Å². The van der Waals surface area contributed by atoms with Gasteiger partial charge in [0.15, 0.2) is 5.65 Å². The first-order chi connectivity index (χ1) is 14.2. The van der Waals surface area contributed by atoms with Crippen molar-refractivity contribution in [2.24, 2.45) is 0 Å². The van der Waals surface area contributed by atoms with Crippen LogP contribution in [0, 0.1) is 11.6 Å². The van der Waals surface area contributed by atoms with E-state index in [9.17, 15) is 13.6 Å². The number of benzene rings is 1. The Bertz CT molecular complexity index is 1120. The number of hydrogen-bond acceptors (Lipinski definition) is 4. The number of carbonyl (C=O) groups excluding carboxylic acids is 1. The minimum absolute atomic E-state index is 0.00687. The number of imidazole rings is 1. The van der Waals surface area contributed by atoms with Crippen LogP contribution in [-0.4, -0.2) is 44.0 Å². The fourth-order valence-electron chi connectivity index (χ4n) is 3.79. The Morgan fingerprint density at radius 2 is 2.00 bits per heavy atom. The molecule has 158 valence electrons. The van der Waals surface area contributed by atoms with Crippen molar-refractivity contribution >= 4 is 11.6 Å². The molecule has 1 aromatic carbocycles. The lowest BCUT2D eigenvalue weighted by atomic mass is 9.99. The summed E-state index contributed by atoms with van der Waals surface area (Å²) in [4.78, 5) is 19.1. The van der Waals surface area contributed by atoms with Gasteiger partial charge in [-0.15, -0.1) is 0 Å². The van der Waals surface area contributed by atoms with Crippen molar-refractivity contribution < 1.29 is 13.6 Å². The van der Waals surface area contributed by atoms with Crippen LogP contribution in [0.5, 0.6) is 0 Å². The molecule has 1 saturated heterocycles. The largest absolute Gasteiger partial charge is 0.353 e. The highest BCUT2D eigenvalue weighted by Crippen LogP contribution is 2.28. The summed E-state index contributed by atoms with van der Waals surface area (Å²) in [5.41, 5.74) is 2.43. The Kier molecular flexibility index (Phi) is 5.05. The summed E-state index contributed by atoms with van der Waals surface area (Å²) in [5, 5.41) is 7.43. The van der Waals surface area contributed by atoms with E-state index in [1.165, 1.54) is 12.1 Å². The van der Waals surface area contributed by atoms with Crippen molar-refractivity contribution in [3.8, 4) is 11.3 Å². The van der Waals surface area contributed by atoms with Crippen molar-refractivity contribution in [2.45, 2.75) is 45.7 Å². The number of aromatic nitrogens is 3. The zero-order chi connectivity index (χ0) is 21.6. The number of halogens is 2. The predicted octanol–water partition coefficient (Wildman–Crippen LogP) is 3.51. The zero-order valence-electron chi connectivity index (χ0n) is 17.5. The summed E-state index contributed by atoms with van der Waals surface area (Å²) in [6.07, 6.45) is 1.81. The average molecular weight is 413 g/mol. The van der Waals surface area contributed by atoms with Gasteiger partial charge in [0.2, 0.25) is 5.91 Å². The van der Waals surface area contributed by atoms with Gasteiger partial charge in [-0.25, -0.2) is 18.3 Å². The molecule has 2 aromatic heterocycles. The molecule has 1 aliphatic rings. The average Bonchev–Trinajstić information content (AvgIpc) is 3.07. The Balaban J connectivity index is 1.76. The van der Waals surface area contributed by atoms with E-state index in [1.54, 1.807) is 4.52 Å². The molecule has 30 heavy (non-hydrogen) atoms. The summed E-state index contributed by atoms with van der Waals surface area (Å²) >= 11 is 0. The second-order valence-electron chi connectivity index (χ2n) is 8.50. The van der Waals surface area contributed by atoms with Crippen LogP contribution < -0.4 is 5.32 Å². The van der Waals surface area contributed by atoms with Crippen molar-refractivity contribution in [3.05, 3.63) is 53.4 Å². The minimum Gasteiger partial charge on any atom is -0.353 e. The summed E-state index contributed by atoms with van der Waals surface area (Å²) in [6.45, 7) is 9.68. The molecule has 1 fully saturated rings. The number of nitrogens with one attached hydrogen (secondary N) is 1. The predicted molar refractivity (Wildman–Crippen MR) is 110 cm³/mol. The molecule has 3 aromatic rings. The third-order valence-electron chi connectivity index (χ3n) is 5.70. The fraction of sp³-hybridized carbons (Fsp3) is 0.409. The fourth-order valence-corrected chi connectivity index (χ4v) is 3.79. The number of fused-ring (bicyclic) bond motifs is 1. The third kappa shape index (κ3) is 3.56. The Labute approximate surface area is 173 Å². The molecule has 8 heteroatoms. The molecular weight excluding hydrogens is 388 g/mol. The van der Waals surface area contributed by atoms with Crippen LogP contribution in [0.15, 0.2) is 30.5 Å². The van der Waals surface area contributed by atoms with Crippen LogP contribution >= 0.6 is 0 Å². The second-order valence-corrected chi connectivity index (χ2v) is 8.50. The summed E-state index contributed by atoms with van der Waals surface area (Å²) in [5.74, 6) is -1.16. The molecule has 0 unspecified atom stereocenters. The van der Waals surface area contributed by atoms with Crippen molar-refractivity contribution in [1.82, 2.24) is 24.8 Å². The van der Waals surface area contributed by atoms with Crippen LogP contribution in [0.1, 0.15) is 44.9 Å². The smallest absolute Gasteiger partial charge is 0.240 e. The molecule has 6 nitrogen and oxygen atoms in total. The van der Waals surface area contributed by atoms with Crippen LogP contribution in [0.4, 0.5) is 8.78 Å². The Morgan fingerprint density at radius 3 is 2.70 bits per heavy atom. The molecule has 0 aliphatic carbocycles. The number of rotatable bonds is 4. The summed E-state index contributed by atoms with van der Waals surface area (Å²) < 4.78 is 29.3. The van der Waals surface area contributed by atoms with Gasteiger partial charge >= 0.3 is 0 Å². The lowest BCUT2D eigenvalue weighted by Gasteiger charge is -2.40. The molecule has 0 bridgehead atoms. The maximum Gasteiger partial charge on any atom is 0.240 e. The number of carbonyl (C=O) groups is 1. The van der Waals surface area contributed by atoms with Crippen LogP contribution in [-0.2, 0) is 11.3 Å². The standard InChI is InChI=1S/C22H25F2N5O/c1-13(2)17-10-19(16-6-5-14(23)9-18(16)24)27-29-12-15(26-20(17)29)11-28-8-7-25-21(30)22(28,3)4/h5-6,9-10,12-13H,7-8,11H2,1-4H3,(H,25,30). The van der Waals surface area contributed by atoms with E-state index in [4.69, 9.17) is 4.98 Å². The van der Waals surface area contributed by atoms with Crippen LogP contribution in [0.3, 0.4) is 0 Å². The maximum atomic E-state index is 14.4. The van der Waals surface area contributed by atoms with E-state index in [-0.39, 0.29) is 17.4 Å². The van der Waals surface area contributed by atoms with E-state index in [1.807, 2.05) is 40.0 Å². The van der Waals surface area contributed by atoms with Crippen molar-refractivity contribution in [3.63, 3.8) is 0 Å². The first-order valence-electron chi connectivity index (χ1n) is 10.0. The molecule has 1 aliphatic heterocycles. The van der Waals surface area contributed by atoms with E-state index in [0.717, 1.165) is 23.9 Å². The zero-order valence-corrected chi connectivity index (χ0v) is 17.5.